The van der Waals surface area contributed by atoms with Crippen LogP contribution in [0.4, 0.5) is 0 Å². The summed E-state index contributed by atoms with van der Waals surface area (Å²) in [6.07, 6.45) is 0. The summed E-state index contributed by atoms with van der Waals surface area (Å²) in [4.78, 5) is 5.43. The fourth-order valence-corrected chi connectivity index (χ4v) is 1.18. The molecular formula is C12H19NO2. The Bertz CT molecular complexity index is 305. The first kappa shape index (κ1) is 12.0. The van der Waals surface area contributed by atoms with Gasteiger partial charge in [-0.15, -0.1) is 0 Å². The Labute approximate surface area is 91.4 Å². The molecule has 0 saturated heterocycles. The summed E-state index contributed by atoms with van der Waals surface area (Å²) < 4.78 is 5.23. The van der Waals surface area contributed by atoms with Gasteiger partial charge in [0.15, 0.2) is 0 Å². The number of rotatable bonds is 4. The van der Waals surface area contributed by atoms with E-state index in [-0.39, 0.29) is 5.60 Å². The summed E-state index contributed by atoms with van der Waals surface area (Å²) in [5, 5.41) is 0. The van der Waals surface area contributed by atoms with Crippen molar-refractivity contribution in [3.63, 3.8) is 0 Å². The van der Waals surface area contributed by atoms with E-state index in [0.717, 1.165) is 11.3 Å². The zero-order chi connectivity index (χ0) is 11.3. The van der Waals surface area contributed by atoms with Crippen LogP contribution >= 0.6 is 0 Å². The second-order valence-corrected chi connectivity index (χ2v) is 4.35. The SMILES string of the molecule is COc1ccccc1CNOC(C)(C)C. The largest absolute Gasteiger partial charge is 0.496 e. The number of nitrogens with one attached hydrogen (secondary N) is 1. The molecule has 3 nitrogen and oxygen atoms in total. The molecule has 0 saturated carbocycles. The topological polar surface area (TPSA) is 30.5 Å². The van der Waals surface area contributed by atoms with Gasteiger partial charge < -0.3 is 4.74 Å². The lowest BCUT2D eigenvalue weighted by molar-refractivity contribution is -0.0759. The van der Waals surface area contributed by atoms with Crippen LogP contribution in [-0.2, 0) is 11.4 Å². The van der Waals surface area contributed by atoms with Gasteiger partial charge in [-0.1, -0.05) is 18.2 Å². The van der Waals surface area contributed by atoms with Gasteiger partial charge in [0.2, 0.25) is 0 Å². The van der Waals surface area contributed by atoms with Gasteiger partial charge in [-0.2, -0.15) is 5.48 Å². The Balaban J connectivity index is 2.50. The maximum absolute atomic E-state index is 5.43. The van der Waals surface area contributed by atoms with Crippen molar-refractivity contribution < 1.29 is 9.57 Å². The van der Waals surface area contributed by atoms with E-state index in [2.05, 4.69) is 5.48 Å². The predicted molar refractivity (Wildman–Crippen MR) is 60.7 cm³/mol. The minimum Gasteiger partial charge on any atom is -0.496 e. The molecule has 0 atom stereocenters. The lowest BCUT2D eigenvalue weighted by Gasteiger charge is -2.19. The Morgan fingerprint density at radius 2 is 1.87 bits per heavy atom. The molecule has 1 N–H and O–H groups in total. The molecule has 0 aromatic heterocycles. The third kappa shape index (κ3) is 4.32. The maximum Gasteiger partial charge on any atom is 0.123 e. The van der Waals surface area contributed by atoms with Crippen LogP contribution in [0, 0.1) is 0 Å². The molecular weight excluding hydrogens is 190 g/mol. The lowest BCUT2D eigenvalue weighted by atomic mass is 10.2. The van der Waals surface area contributed by atoms with Crippen molar-refractivity contribution in [2.24, 2.45) is 0 Å². The van der Waals surface area contributed by atoms with Crippen LogP contribution in [0.5, 0.6) is 5.75 Å². The number of benzene rings is 1. The van der Waals surface area contributed by atoms with Crippen molar-refractivity contribution in [3.8, 4) is 5.75 Å². The standard InChI is InChI=1S/C12H19NO2/c1-12(2,3)15-13-9-10-7-5-6-8-11(10)14-4/h5-8,13H,9H2,1-4H3. The quantitative estimate of drug-likeness (QED) is 0.773. The van der Waals surface area contributed by atoms with Gasteiger partial charge in [-0.05, 0) is 26.8 Å². The Hall–Kier alpha value is -1.06. The summed E-state index contributed by atoms with van der Waals surface area (Å²) in [7, 11) is 1.67. The Morgan fingerprint density at radius 1 is 1.20 bits per heavy atom. The van der Waals surface area contributed by atoms with Crippen LogP contribution in [0.25, 0.3) is 0 Å². The normalized spacial score (nSPS) is 11.5. The first-order valence-corrected chi connectivity index (χ1v) is 5.06. The van der Waals surface area contributed by atoms with Crippen molar-refractivity contribution in [1.29, 1.82) is 0 Å². The molecule has 0 unspecified atom stereocenters. The van der Waals surface area contributed by atoms with Crippen LogP contribution in [0.2, 0.25) is 0 Å². The molecule has 0 amide bonds. The van der Waals surface area contributed by atoms with Gasteiger partial charge in [-0.3, -0.25) is 4.84 Å². The molecule has 1 aromatic carbocycles. The summed E-state index contributed by atoms with van der Waals surface area (Å²) in [5.41, 5.74) is 3.85. The molecule has 0 heterocycles. The second-order valence-electron chi connectivity index (χ2n) is 4.35. The van der Waals surface area contributed by atoms with Crippen LogP contribution in [-0.4, -0.2) is 12.7 Å². The van der Waals surface area contributed by atoms with Gasteiger partial charge in [-0.25, -0.2) is 0 Å². The zero-order valence-electron chi connectivity index (χ0n) is 9.83. The highest BCUT2D eigenvalue weighted by molar-refractivity contribution is 5.32. The third-order valence-corrected chi connectivity index (χ3v) is 1.83. The molecule has 0 fully saturated rings. The maximum atomic E-state index is 5.43. The summed E-state index contributed by atoms with van der Waals surface area (Å²) in [5.74, 6) is 0.877. The fourth-order valence-electron chi connectivity index (χ4n) is 1.18. The highest BCUT2D eigenvalue weighted by Crippen LogP contribution is 2.17. The van der Waals surface area contributed by atoms with E-state index >= 15 is 0 Å². The third-order valence-electron chi connectivity index (χ3n) is 1.83. The number of methoxy groups -OCH3 is 1. The summed E-state index contributed by atoms with van der Waals surface area (Å²) >= 11 is 0. The van der Waals surface area contributed by atoms with E-state index in [1.54, 1.807) is 7.11 Å². The Kier molecular flexibility index (Phi) is 4.12. The summed E-state index contributed by atoms with van der Waals surface area (Å²) in [6.45, 7) is 6.65. The van der Waals surface area contributed by atoms with Crippen molar-refractivity contribution >= 4 is 0 Å². The molecule has 0 radical (unpaired) electrons. The van der Waals surface area contributed by atoms with Crippen molar-refractivity contribution in [2.45, 2.75) is 32.9 Å². The van der Waals surface area contributed by atoms with E-state index in [1.165, 1.54) is 0 Å². The molecule has 0 aliphatic rings. The van der Waals surface area contributed by atoms with Gasteiger partial charge in [0.25, 0.3) is 0 Å². The van der Waals surface area contributed by atoms with Crippen molar-refractivity contribution in [2.75, 3.05) is 7.11 Å². The first-order valence-electron chi connectivity index (χ1n) is 5.06. The average molecular weight is 209 g/mol. The number of para-hydroxylation sites is 1. The highest BCUT2D eigenvalue weighted by Gasteiger charge is 2.10. The van der Waals surface area contributed by atoms with E-state index < -0.39 is 0 Å². The first-order chi connectivity index (χ1) is 7.03. The number of hydroxylamine groups is 1. The van der Waals surface area contributed by atoms with Crippen molar-refractivity contribution in [1.82, 2.24) is 5.48 Å². The number of hydrogen-bond acceptors (Lipinski definition) is 3. The minimum atomic E-state index is -0.179. The van der Waals surface area contributed by atoms with Gasteiger partial charge in [0, 0.05) is 12.1 Å². The van der Waals surface area contributed by atoms with Crippen LogP contribution in [0.3, 0.4) is 0 Å². The molecule has 1 aromatic rings. The van der Waals surface area contributed by atoms with Crippen LogP contribution < -0.4 is 10.2 Å². The highest BCUT2D eigenvalue weighted by atomic mass is 16.7. The molecule has 1 rings (SSSR count). The van der Waals surface area contributed by atoms with E-state index in [1.807, 2.05) is 45.0 Å². The van der Waals surface area contributed by atoms with E-state index in [9.17, 15) is 0 Å². The van der Waals surface area contributed by atoms with Gasteiger partial charge in [0.05, 0.1) is 12.7 Å². The monoisotopic (exact) mass is 209 g/mol. The molecule has 0 spiro atoms. The second kappa shape index (κ2) is 5.14. The summed E-state index contributed by atoms with van der Waals surface area (Å²) in [6, 6.07) is 7.88. The molecule has 15 heavy (non-hydrogen) atoms. The lowest BCUT2D eigenvalue weighted by Crippen LogP contribution is -2.28. The van der Waals surface area contributed by atoms with Crippen molar-refractivity contribution in [3.05, 3.63) is 29.8 Å². The van der Waals surface area contributed by atoms with E-state index in [4.69, 9.17) is 9.57 Å². The molecule has 0 bridgehead atoms. The van der Waals surface area contributed by atoms with Crippen LogP contribution in [0.15, 0.2) is 24.3 Å². The molecule has 84 valence electrons. The smallest absolute Gasteiger partial charge is 0.123 e. The average Bonchev–Trinajstić information content (AvgIpc) is 2.16. The molecule has 0 aliphatic heterocycles. The van der Waals surface area contributed by atoms with E-state index in [0.29, 0.717) is 6.54 Å². The minimum absolute atomic E-state index is 0.179. The predicted octanol–water partition coefficient (Wildman–Crippen LogP) is 2.51. The molecule has 0 aliphatic carbocycles. The Morgan fingerprint density at radius 3 is 2.47 bits per heavy atom. The fraction of sp³-hybridized carbons (Fsp3) is 0.500. The van der Waals surface area contributed by atoms with Crippen LogP contribution in [0.1, 0.15) is 26.3 Å². The zero-order valence-corrected chi connectivity index (χ0v) is 9.83. The number of hydrogen-bond donors (Lipinski definition) is 1. The van der Waals surface area contributed by atoms with Gasteiger partial charge >= 0.3 is 0 Å². The number of ether oxygens (including phenoxy) is 1. The van der Waals surface area contributed by atoms with Gasteiger partial charge in [0.1, 0.15) is 5.75 Å². The molecule has 3 heteroatoms.